The summed E-state index contributed by atoms with van der Waals surface area (Å²) in [6.07, 6.45) is 3.22. The molecular weight excluding hydrogens is 278 g/mol. The molecule has 3 heteroatoms. The highest BCUT2D eigenvalue weighted by Crippen LogP contribution is 2.33. The Kier molecular flexibility index (Phi) is 6.15. The monoisotopic (exact) mass is 301 g/mol. The van der Waals surface area contributed by atoms with Crippen LogP contribution in [0.2, 0.25) is 0 Å². The number of para-hydroxylation sites is 1. The van der Waals surface area contributed by atoms with E-state index >= 15 is 0 Å². The Morgan fingerprint density at radius 2 is 1.90 bits per heavy atom. The van der Waals surface area contributed by atoms with E-state index in [0.717, 1.165) is 41.5 Å². The summed E-state index contributed by atoms with van der Waals surface area (Å²) in [5.41, 5.74) is 2.41. The van der Waals surface area contributed by atoms with Crippen molar-refractivity contribution >= 4 is 11.8 Å². The van der Waals surface area contributed by atoms with Gasteiger partial charge in [-0.25, -0.2) is 0 Å². The molecule has 0 fully saturated rings. The normalized spacial score (nSPS) is 10.6. The zero-order chi connectivity index (χ0) is 15.1. The second kappa shape index (κ2) is 8.11. The zero-order valence-corrected chi connectivity index (χ0v) is 13.8. The van der Waals surface area contributed by atoms with Crippen molar-refractivity contribution in [1.29, 1.82) is 0 Å². The van der Waals surface area contributed by atoms with Crippen molar-refractivity contribution in [3.63, 3.8) is 0 Å². The molecule has 0 radical (unpaired) electrons. The summed E-state index contributed by atoms with van der Waals surface area (Å²) in [7, 11) is 0. The molecule has 0 heterocycles. The highest BCUT2D eigenvalue weighted by atomic mass is 32.2. The lowest BCUT2D eigenvalue weighted by molar-refractivity contribution is 0.466. The van der Waals surface area contributed by atoms with Crippen LogP contribution in [0.5, 0.6) is 11.5 Å². The van der Waals surface area contributed by atoms with Crippen LogP contribution in [0.1, 0.15) is 24.5 Å². The topological polar surface area (TPSA) is 21.3 Å². The molecule has 2 aromatic rings. The van der Waals surface area contributed by atoms with Crippen LogP contribution in [0.15, 0.2) is 47.4 Å². The first-order chi connectivity index (χ1) is 10.2. The fourth-order valence-corrected chi connectivity index (χ4v) is 2.62. The maximum atomic E-state index is 6.13. The molecule has 21 heavy (non-hydrogen) atoms. The third kappa shape index (κ3) is 4.51. The number of aryl methyl sites for hydroxylation is 1. The molecule has 0 aliphatic rings. The number of benzene rings is 2. The molecule has 2 aromatic carbocycles. The van der Waals surface area contributed by atoms with Crippen LogP contribution in [0.3, 0.4) is 0 Å². The minimum atomic E-state index is 0.884. The lowest BCUT2D eigenvalue weighted by Crippen LogP contribution is -2.13. The lowest BCUT2D eigenvalue weighted by atomic mass is 10.1. The van der Waals surface area contributed by atoms with Gasteiger partial charge in [0.25, 0.3) is 0 Å². The van der Waals surface area contributed by atoms with Crippen LogP contribution in [0, 0.1) is 6.92 Å². The second-order valence-electron chi connectivity index (χ2n) is 5.03. The van der Waals surface area contributed by atoms with E-state index in [2.05, 4.69) is 49.7 Å². The summed E-state index contributed by atoms with van der Waals surface area (Å²) in [5.74, 6) is 1.86. The molecule has 0 aromatic heterocycles. The number of ether oxygens (including phenoxy) is 1. The Balaban J connectivity index is 2.16. The number of nitrogens with one attached hydrogen (secondary N) is 1. The van der Waals surface area contributed by atoms with Gasteiger partial charge in [0.05, 0.1) is 0 Å². The highest BCUT2D eigenvalue weighted by molar-refractivity contribution is 7.98. The predicted octanol–water partition coefficient (Wildman–Crippen LogP) is 5.01. The van der Waals surface area contributed by atoms with Gasteiger partial charge in [-0.1, -0.05) is 31.2 Å². The first-order valence-electron chi connectivity index (χ1n) is 7.35. The van der Waals surface area contributed by atoms with Crippen molar-refractivity contribution < 1.29 is 4.74 Å². The summed E-state index contributed by atoms with van der Waals surface area (Å²) in [6, 6.07) is 14.6. The van der Waals surface area contributed by atoms with E-state index in [1.54, 1.807) is 11.8 Å². The molecule has 112 valence electrons. The van der Waals surface area contributed by atoms with Crippen LogP contribution in [0.25, 0.3) is 0 Å². The molecule has 0 saturated carbocycles. The van der Waals surface area contributed by atoms with E-state index in [0.29, 0.717) is 0 Å². The summed E-state index contributed by atoms with van der Waals surface area (Å²) in [6.45, 7) is 6.18. The number of hydrogen-bond donors (Lipinski definition) is 1. The summed E-state index contributed by atoms with van der Waals surface area (Å²) in [5, 5.41) is 3.42. The van der Waals surface area contributed by atoms with Crippen molar-refractivity contribution in [2.45, 2.75) is 31.7 Å². The molecule has 0 bridgehead atoms. The lowest BCUT2D eigenvalue weighted by Gasteiger charge is -2.13. The molecule has 2 nitrogen and oxygen atoms in total. The van der Waals surface area contributed by atoms with Gasteiger partial charge >= 0.3 is 0 Å². The summed E-state index contributed by atoms with van der Waals surface area (Å²) >= 11 is 1.70. The van der Waals surface area contributed by atoms with E-state index < -0.39 is 0 Å². The zero-order valence-electron chi connectivity index (χ0n) is 13.0. The smallest absolute Gasteiger partial charge is 0.140 e. The highest BCUT2D eigenvalue weighted by Gasteiger charge is 2.06. The summed E-state index contributed by atoms with van der Waals surface area (Å²) < 4.78 is 6.13. The van der Waals surface area contributed by atoms with Crippen LogP contribution in [-0.4, -0.2) is 12.8 Å². The van der Waals surface area contributed by atoms with Gasteiger partial charge in [-0.3, -0.25) is 0 Å². The SMILES string of the molecule is CCCNCc1ccc(C)c(Oc2ccccc2SC)c1. The Labute approximate surface area is 131 Å². The van der Waals surface area contributed by atoms with Crippen molar-refractivity contribution in [3.05, 3.63) is 53.6 Å². The number of thioether (sulfide) groups is 1. The van der Waals surface area contributed by atoms with Crippen molar-refractivity contribution in [3.8, 4) is 11.5 Å². The molecule has 0 unspecified atom stereocenters. The third-order valence-corrected chi connectivity index (χ3v) is 4.07. The third-order valence-electron chi connectivity index (χ3n) is 3.30. The fraction of sp³-hybridized carbons (Fsp3) is 0.333. The number of hydrogen-bond acceptors (Lipinski definition) is 3. The summed E-state index contributed by atoms with van der Waals surface area (Å²) in [4.78, 5) is 1.16. The minimum absolute atomic E-state index is 0.884. The average Bonchev–Trinajstić information content (AvgIpc) is 2.51. The molecule has 0 amide bonds. The van der Waals surface area contributed by atoms with Gasteiger partial charge < -0.3 is 10.1 Å². The molecular formula is C18H23NOS. The molecule has 0 spiro atoms. The van der Waals surface area contributed by atoms with E-state index in [4.69, 9.17) is 4.74 Å². The van der Waals surface area contributed by atoms with Crippen molar-refractivity contribution in [1.82, 2.24) is 5.32 Å². The van der Waals surface area contributed by atoms with Crippen molar-refractivity contribution in [2.24, 2.45) is 0 Å². The Morgan fingerprint density at radius 1 is 1.10 bits per heavy atom. The molecule has 1 N–H and O–H groups in total. The van der Waals surface area contributed by atoms with Crippen LogP contribution in [-0.2, 0) is 6.54 Å². The van der Waals surface area contributed by atoms with Gasteiger partial charge in [-0.15, -0.1) is 11.8 Å². The first kappa shape index (κ1) is 15.9. The molecule has 0 aliphatic carbocycles. The fourth-order valence-electron chi connectivity index (χ4n) is 2.10. The van der Waals surface area contributed by atoms with Gasteiger partial charge in [0.1, 0.15) is 11.5 Å². The largest absolute Gasteiger partial charge is 0.456 e. The second-order valence-corrected chi connectivity index (χ2v) is 5.88. The molecule has 0 atom stereocenters. The molecule has 0 saturated heterocycles. The average molecular weight is 301 g/mol. The minimum Gasteiger partial charge on any atom is -0.456 e. The van der Waals surface area contributed by atoms with Crippen molar-refractivity contribution in [2.75, 3.05) is 12.8 Å². The van der Waals surface area contributed by atoms with E-state index in [1.165, 1.54) is 5.56 Å². The van der Waals surface area contributed by atoms with E-state index in [1.807, 2.05) is 18.2 Å². The van der Waals surface area contributed by atoms with Gasteiger partial charge in [0.15, 0.2) is 0 Å². The van der Waals surface area contributed by atoms with Gasteiger partial charge in [0.2, 0.25) is 0 Å². The van der Waals surface area contributed by atoms with Gasteiger partial charge in [-0.2, -0.15) is 0 Å². The quantitative estimate of drug-likeness (QED) is 0.574. The number of rotatable bonds is 7. The van der Waals surface area contributed by atoms with Crippen LogP contribution >= 0.6 is 11.8 Å². The molecule has 0 aliphatic heterocycles. The van der Waals surface area contributed by atoms with E-state index in [-0.39, 0.29) is 0 Å². The maximum Gasteiger partial charge on any atom is 0.140 e. The maximum absolute atomic E-state index is 6.13. The van der Waals surface area contributed by atoms with Gasteiger partial charge in [0, 0.05) is 11.4 Å². The molecule has 2 rings (SSSR count). The standard InChI is InChI=1S/C18H23NOS/c1-4-11-19-13-15-10-9-14(2)17(12-15)20-16-7-5-6-8-18(16)21-3/h5-10,12,19H,4,11,13H2,1-3H3. The Bertz CT molecular complexity index is 583. The Hall–Kier alpha value is -1.45. The predicted molar refractivity (Wildman–Crippen MR) is 91.5 cm³/mol. The van der Waals surface area contributed by atoms with Gasteiger partial charge in [-0.05, 0) is 55.5 Å². The Morgan fingerprint density at radius 3 is 2.67 bits per heavy atom. The van der Waals surface area contributed by atoms with Crippen LogP contribution < -0.4 is 10.1 Å². The van der Waals surface area contributed by atoms with E-state index in [9.17, 15) is 0 Å². The van der Waals surface area contributed by atoms with Crippen LogP contribution in [0.4, 0.5) is 0 Å². The first-order valence-corrected chi connectivity index (χ1v) is 8.58.